The first-order valence-electron chi connectivity index (χ1n) is 6.03. The predicted octanol–water partition coefficient (Wildman–Crippen LogP) is 2.80. The van der Waals surface area contributed by atoms with Gasteiger partial charge < -0.3 is 4.57 Å². The summed E-state index contributed by atoms with van der Waals surface area (Å²) in [4.78, 5) is 20.7. The minimum absolute atomic E-state index is 0.167. The van der Waals surface area contributed by atoms with E-state index in [9.17, 15) is 4.79 Å². The second-order valence-electron chi connectivity index (χ2n) is 4.21. The van der Waals surface area contributed by atoms with Crippen LogP contribution in [0, 0.1) is 0 Å². The molecule has 3 aromatic rings. The fourth-order valence-corrected chi connectivity index (χ4v) is 2.52. The highest BCUT2D eigenvalue weighted by molar-refractivity contribution is 7.14. The molecule has 100 valence electrons. The molecule has 0 atom stereocenters. The Morgan fingerprint density at radius 1 is 1.25 bits per heavy atom. The van der Waals surface area contributed by atoms with Crippen LogP contribution in [0.1, 0.15) is 10.5 Å². The Hall–Kier alpha value is -2.47. The highest BCUT2D eigenvalue weighted by Crippen LogP contribution is 2.23. The summed E-state index contributed by atoms with van der Waals surface area (Å²) in [5.41, 5.74) is 2.15. The number of nitrogens with zero attached hydrogens (tertiary/aromatic N) is 3. The molecule has 0 saturated carbocycles. The van der Waals surface area contributed by atoms with Gasteiger partial charge in [0.1, 0.15) is 11.4 Å². The van der Waals surface area contributed by atoms with Gasteiger partial charge in [0.2, 0.25) is 0 Å². The van der Waals surface area contributed by atoms with Gasteiger partial charge in [0.25, 0.3) is 5.91 Å². The van der Waals surface area contributed by atoms with Gasteiger partial charge in [0, 0.05) is 24.8 Å². The molecule has 0 spiro atoms. The van der Waals surface area contributed by atoms with Crippen molar-refractivity contribution in [3.63, 3.8) is 0 Å². The van der Waals surface area contributed by atoms with Crippen molar-refractivity contribution in [1.29, 1.82) is 0 Å². The number of carbonyl (C=O) groups excluding carboxylic acids is 1. The lowest BCUT2D eigenvalue weighted by atomic mass is 10.3. The number of anilines is 1. The zero-order valence-corrected chi connectivity index (χ0v) is 11.6. The fraction of sp³-hybridized carbons (Fsp3) is 0.0714. The average molecular weight is 284 g/mol. The Morgan fingerprint density at radius 2 is 2.15 bits per heavy atom. The van der Waals surface area contributed by atoms with Gasteiger partial charge in [-0.15, -0.1) is 11.3 Å². The molecule has 5 nitrogen and oxygen atoms in total. The van der Waals surface area contributed by atoms with Crippen molar-refractivity contribution >= 4 is 22.4 Å². The van der Waals surface area contributed by atoms with Crippen molar-refractivity contribution in [3.8, 4) is 11.4 Å². The van der Waals surface area contributed by atoms with Crippen LogP contribution in [0.2, 0.25) is 0 Å². The largest absolute Gasteiger partial charge is 0.347 e. The molecule has 0 aliphatic heterocycles. The van der Waals surface area contributed by atoms with Crippen LogP contribution in [0.3, 0.4) is 0 Å². The van der Waals surface area contributed by atoms with Crippen LogP contribution >= 0.6 is 11.3 Å². The van der Waals surface area contributed by atoms with E-state index in [1.54, 1.807) is 16.8 Å². The van der Waals surface area contributed by atoms with Crippen molar-refractivity contribution in [3.05, 3.63) is 53.8 Å². The summed E-state index contributed by atoms with van der Waals surface area (Å²) in [7, 11) is 1.83. The van der Waals surface area contributed by atoms with Crippen LogP contribution in [-0.4, -0.2) is 20.4 Å². The van der Waals surface area contributed by atoms with Gasteiger partial charge in [-0.05, 0) is 24.3 Å². The number of pyridine rings is 1. The Morgan fingerprint density at radius 3 is 2.85 bits per heavy atom. The summed E-state index contributed by atoms with van der Waals surface area (Å²) in [6.07, 6.45) is 3.55. The zero-order chi connectivity index (χ0) is 13.9. The topological polar surface area (TPSA) is 59.8 Å². The molecule has 0 aliphatic carbocycles. The molecule has 0 aromatic carbocycles. The number of aromatic nitrogens is 3. The third kappa shape index (κ3) is 2.46. The van der Waals surface area contributed by atoms with Crippen LogP contribution in [0.5, 0.6) is 0 Å². The quantitative estimate of drug-likeness (QED) is 0.804. The van der Waals surface area contributed by atoms with Crippen molar-refractivity contribution in [2.24, 2.45) is 7.05 Å². The molecular weight excluding hydrogens is 272 g/mol. The molecule has 3 heterocycles. The SMILES string of the molecule is Cn1cccc1C(=O)Nc1nc(-c2ccccn2)cs1. The van der Waals surface area contributed by atoms with E-state index in [1.165, 1.54) is 11.3 Å². The number of nitrogens with one attached hydrogen (secondary N) is 1. The summed E-state index contributed by atoms with van der Waals surface area (Å²) in [5.74, 6) is -0.167. The Labute approximate surface area is 119 Å². The molecule has 0 radical (unpaired) electrons. The molecular formula is C14H12N4OS. The molecule has 3 rings (SSSR count). The van der Waals surface area contributed by atoms with Gasteiger partial charge in [-0.3, -0.25) is 15.1 Å². The third-order valence-corrected chi connectivity index (χ3v) is 3.59. The maximum Gasteiger partial charge on any atom is 0.274 e. The van der Waals surface area contributed by atoms with E-state index < -0.39 is 0 Å². The lowest BCUT2D eigenvalue weighted by Gasteiger charge is -2.02. The first-order chi connectivity index (χ1) is 9.74. The number of thiazole rings is 1. The van der Waals surface area contributed by atoms with Gasteiger partial charge in [-0.1, -0.05) is 6.07 Å². The van der Waals surface area contributed by atoms with Crippen molar-refractivity contribution < 1.29 is 4.79 Å². The van der Waals surface area contributed by atoms with Crippen LogP contribution in [0.4, 0.5) is 5.13 Å². The number of rotatable bonds is 3. The minimum Gasteiger partial charge on any atom is -0.347 e. The van der Waals surface area contributed by atoms with Gasteiger partial charge in [0.05, 0.1) is 5.69 Å². The Kier molecular flexibility index (Phi) is 3.30. The lowest BCUT2D eigenvalue weighted by Crippen LogP contribution is -2.15. The number of carbonyl (C=O) groups is 1. The smallest absolute Gasteiger partial charge is 0.274 e. The summed E-state index contributed by atoms with van der Waals surface area (Å²) >= 11 is 1.38. The van der Waals surface area contributed by atoms with Crippen molar-refractivity contribution in [2.45, 2.75) is 0 Å². The first kappa shape index (κ1) is 12.6. The molecule has 1 N–H and O–H groups in total. The lowest BCUT2D eigenvalue weighted by molar-refractivity contribution is 0.101. The van der Waals surface area contributed by atoms with Crippen molar-refractivity contribution in [1.82, 2.24) is 14.5 Å². The van der Waals surface area contributed by atoms with Gasteiger partial charge >= 0.3 is 0 Å². The maximum absolute atomic E-state index is 12.1. The number of aryl methyl sites for hydroxylation is 1. The summed E-state index contributed by atoms with van der Waals surface area (Å²) in [5, 5.41) is 5.24. The standard InChI is InChI=1S/C14H12N4OS/c1-18-8-4-6-12(18)13(19)17-14-16-11(9-20-14)10-5-2-3-7-15-10/h2-9H,1H3,(H,16,17,19). The molecule has 0 saturated heterocycles. The fourth-order valence-electron chi connectivity index (χ4n) is 1.82. The zero-order valence-electron chi connectivity index (χ0n) is 10.8. The molecule has 3 aromatic heterocycles. The van der Waals surface area contributed by atoms with E-state index in [4.69, 9.17) is 0 Å². The second kappa shape index (κ2) is 5.26. The second-order valence-corrected chi connectivity index (χ2v) is 5.07. The van der Waals surface area contributed by atoms with E-state index in [0.29, 0.717) is 10.8 Å². The van der Waals surface area contributed by atoms with E-state index in [2.05, 4.69) is 15.3 Å². The highest BCUT2D eigenvalue weighted by Gasteiger charge is 2.12. The van der Waals surface area contributed by atoms with Crippen LogP contribution in [0.25, 0.3) is 11.4 Å². The van der Waals surface area contributed by atoms with Crippen LogP contribution in [-0.2, 0) is 7.05 Å². The molecule has 0 bridgehead atoms. The van der Waals surface area contributed by atoms with Gasteiger partial charge in [-0.2, -0.15) is 0 Å². The predicted molar refractivity (Wildman–Crippen MR) is 78.7 cm³/mol. The summed E-state index contributed by atoms with van der Waals surface area (Å²) in [6.45, 7) is 0. The van der Waals surface area contributed by atoms with E-state index in [1.807, 2.05) is 42.9 Å². The first-order valence-corrected chi connectivity index (χ1v) is 6.91. The number of hydrogen-bond donors (Lipinski definition) is 1. The Bertz CT molecular complexity index is 732. The molecule has 1 amide bonds. The van der Waals surface area contributed by atoms with Crippen molar-refractivity contribution in [2.75, 3.05) is 5.32 Å². The van der Waals surface area contributed by atoms with Crippen LogP contribution in [0.15, 0.2) is 48.1 Å². The number of hydrogen-bond acceptors (Lipinski definition) is 4. The van der Waals surface area contributed by atoms with Gasteiger partial charge in [0.15, 0.2) is 5.13 Å². The molecule has 0 fully saturated rings. The van der Waals surface area contributed by atoms with Crippen LogP contribution < -0.4 is 5.32 Å². The van der Waals surface area contributed by atoms with Gasteiger partial charge in [-0.25, -0.2) is 4.98 Å². The minimum atomic E-state index is -0.167. The normalized spacial score (nSPS) is 10.4. The molecule has 20 heavy (non-hydrogen) atoms. The average Bonchev–Trinajstić information content (AvgIpc) is 3.09. The summed E-state index contributed by atoms with van der Waals surface area (Å²) in [6, 6.07) is 9.24. The monoisotopic (exact) mass is 284 g/mol. The molecule has 0 aliphatic rings. The van der Waals surface area contributed by atoms with E-state index in [-0.39, 0.29) is 5.91 Å². The molecule has 0 unspecified atom stereocenters. The maximum atomic E-state index is 12.1. The highest BCUT2D eigenvalue weighted by atomic mass is 32.1. The van der Waals surface area contributed by atoms with E-state index >= 15 is 0 Å². The Balaban J connectivity index is 1.78. The van der Waals surface area contributed by atoms with E-state index in [0.717, 1.165) is 11.4 Å². The number of amides is 1. The summed E-state index contributed by atoms with van der Waals surface area (Å²) < 4.78 is 1.77. The third-order valence-electron chi connectivity index (χ3n) is 2.83. The molecule has 6 heteroatoms.